The minimum absolute atomic E-state index is 0.0614. The minimum Gasteiger partial charge on any atom is -0.494 e. The summed E-state index contributed by atoms with van der Waals surface area (Å²) in [7, 11) is 5.84. The monoisotopic (exact) mass is 410 g/mol. The molecule has 0 aliphatic carbocycles. The number of halogens is 1. The molecule has 1 amide bonds. The summed E-state index contributed by atoms with van der Waals surface area (Å²) in [5, 5.41) is 0.688. The molecule has 0 unspecified atom stereocenters. The number of para-hydroxylation sites is 1. The fourth-order valence-corrected chi connectivity index (χ4v) is 4.63. The van der Waals surface area contributed by atoms with Gasteiger partial charge in [0.2, 0.25) is 0 Å². The Balaban J connectivity index is 1.95. The lowest BCUT2D eigenvalue weighted by Crippen LogP contribution is -3.05. The lowest BCUT2D eigenvalue weighted by atomic mass is 10.3. The molecule has 8 heteroatoms. The summed E-state index contributed by atoms with van der Waals surface area (Å²) < 4.78 is 7.01. The van der Waals surface area contributed by atoms with Crippen LogP contribution in [0, 0.1) is 0 Å². The third kappa shape index (κ3) is 4.17. The van der Waals surface area contributed by atoms with Crippen LogP contribution < -0.4 is 14.5 Å². The van der Waals surface area contributed by atoms with E-state index in [2.05, 4.69) is 14.1 Å². The van der Waals surface area contributed by atoms with Crippen LogP contribution in [0.3, 0.4) is 0 Å². The van der Waals surface area contributed by atoms with Gasteiger partial charge in [-0.3, -0.25) is 9.69 Å². The van der Waals surface area contributed by atoms with Crippen molar-refractivity contribution in [2.45, 2.75) is 6.42 Å². The number of quaternary nitrogens is 1. The highest BCUT2D eigenvalue weighted by Gasteiger charge is 2.23. The first-order chi connectivity index (χ1) is 12.5. The molecule has 0 spiro atoms. The summed E-state index contributed by atoms with van der Waals surface area (Å²) in [5.41, 5.74) is 0.787. The zero-order valence-electron chi connectivity index (χ0n) is 14.9. The number of ether oxygens (including phenoxy) is 1. The molecule has 1 N–H and O–H groups in total. The van der Waals surface area contributed by atoms with E-state index in [1.165, 1.54) is 27.6 Å². The maximum atomic E-state index is 13.1. The quantitative estimate of drug-likeness (QED) is 0.650. The molecular weight excluding hydrogens is 390 g/mol. The highest BCUT2D eigenvalue weighted by Crippen LogP contribution is 2.35. The molecule has 0 fully saturated rings. The van der Waals surface area contributed by atoms with Crippen LogP contribution in [0.5, 0.6) is 5.75 Å². The van der Waals surface area contributed by atoms with Crippen LogP contribution in [-0.2, 0) is 0 Å². The van der Waals surface area contributed by atoms with E-state index in [1.54, 1.807) is 24.1 Å². The first-order valence-corrected chi connectivity index (χ1v) is 10.3. The molecule has 138 valence electrons. The van der Waals surface area contributed by atoms with E-state index >= 15 is 0 Å². The summed E-state index contributed by atoms with van der Waals surface area (Å²) in [6, 6.07) is 9.33. The van der Waals surface area contributed by atoms with Crippen molar-refractivity contribution in [1.82, 2.24) is 4.98 Å². The Morgan fingerprint density at radius 3 is 2.73 bits per heavy atom. The number of nitrogens with one attached hydrogen (secondary N) is 1. The van der Waals surface area contributed by atoms with E-state index in [-0.39, 0.29) is 5.91 Å². The molecule has 3 aromatic rings. The second-order valence-electron chi connectivity index (χ2n) is 6.17. The standard InChI is InChI=1S/C18H20ClN3O2S2/c1-21(2)10-5-11-22(17(23)14-8-9-15(19)25-14)18-20-16-12(24-3)6-4-7-13(16)26-18/h4,6-9H,5,10-11H2,1-3H3/p+1. The Hall–Kier alpha value is -1.67. The number of fused-ring (bicyclic) bond motifs is 1. The van der Waals surface area contributed by atoms with Crippen LogP contribution in [-0.4, -0.2) is 45.2 Å². The van der Waals surface area contributed by atoms with Crippen molar-refractivity contribution in [2.75, 3.05) is 39.2 Å². The molecule has 0 aliphatic rings. The summed E-state index contributed by atoms with van der Waals surface area (Å²) >= 11 is 8.82. The van der Waals surface area contributed by atoms with E-state index in [9.17, 15) is 4.79 Å². The Kier molecular flexibility index (Phi) is 6.13. The largest absolute Gasteiger partial charge is 0.494 e. The summed E-state index contributed by atoms with van der Waals surface area (Å²) in [5.74, 6) is 0.656. The Morgan fingerprint density at radius 1 is 1.27 bits per heavy atom. The summed E-state index contributed by atoms with van der Waals surface area (Å²) in [4.78, 5) is 21.5. The van der Waals surface area contributed by atoms with Crippen molar-refractivity contribution in [1.29, 1.82) is 0 Å². The predicted octanol–water partition coefficient (Wildman–Crippen LogP) is 3.20. The number of hydrogen-bond donors (Lipinski definition) is 1. The van der Waals surface area contributed by atoms with Gasteiger partial charge in [0, 0.05) is 13.0 Å². The maximum absolute atomic E-state index is 13.1. The number of nitrogens with zero attached hydrogens (tertiary/aromatic N) is 2. The average molecular weight is 411 g/mol. The number of anilines is 1. The van der Waals surface area contributed by atoms with Crippen molar-refractivity contribution in [2.24, 2.45) is 0 Å². The second kappa shape index (κ2) is 8.35. The molecule has 2 aromatic heterocycles. The van der Waals surface area contributed by atoms with Crippen LogP contribution in [0.4, 0.5) is 5.13 Å². The average Bonchev–Trinajstić information content (AvgIpc) is 3.23. The number of carbonyl (C=O) groups excluding carboxylic acids is 1. The molecule has 0 saturated heterocycles. The third-order valence-electron chi connectivity index (χ3n) is 3.91. The smallest absolute Gasteiger partial charge is 0.270 e. The number of benzene rings is 1. The molecule has 1 aromatic carbocycles. The van der Waals surface area contributed by atoms with Gasteiger partial charge in [-0.1, -0.05) is 29.0 Å². The van der Waals surface area contributed by atoms with E-state index in [0.717, 1.165) is 23.2 Å². The van der Waals surface area contributed by atoms with Gasteiger partial charge in [-0.25, -0.2) is 4.98 Å². The van der Waals surface area contributed by atoms with Crippen LogP contribution in [0.1, 0.15) is 16.1 Å². The number of hydrogen-bond acceptors (Lipinski definition) is 5. The van der Waals surface area contributed by atoms with Gasteiger partial charge in [-0.05, 0) is 24.3 Å². The van der Waals surface area contributed by atoms with Crippen molar-refractivity contribution in [3.63, 3.8) is 0 Å². The van der Waals surface area contributed by atoms with Crippen molar-refractivity contribution in [3.8, 4) is 5.75 Å². The molecule has 0 radical (unpaired) electrons. The zero-order valence-corrected chi connectivity index (χ0v) is 17.3. The third-order valence-corrected chi connectivity index (χ3v) is 6.17. The number of carbonyl (C=O) groups is 1. The molecular formula is C18H21ClN3O2S2+. The molecule has 5 nitrogen and oxygen atoms in total. The minimum atomic E-state index is -0.0614. The van der Waals surface area contributed by atoms with Gasteiger partial charge in [0.15, 0.2) is 5.13 Å². The fraction of sp³-hybridized carbons (Fsp3) is 0.333. The Morgan fingerprint density at radius 2 is 2.08 bits per heavy atom. The first-order valence-electron chi connectivity index (χ1n) is 8.29. The van der Waals surface area contributed by atoms with Crippen molar-refractivity contribution in [3.05, 3.63) is 39.5 Å². The highest BCUT2D eigenvalue weighted by molar-refractivity contribution is 7.22. The van der Waals surface area contributed by atoms with Gasteiger partial charge >= 0.3 is 0 Å². The van der Waals surface area contributed by atoms with E-state index < -0.39 is 0 Å². The van der Waals surface area contributed by atoms with Gasteiger partial charge in [-0.15, -0.1) is 11.3 Å². The van der Waals surface area contributed by atoms with Crippen molar-refractivity contribution >= 4 is 55.5 Å². The topological polar surface area (TPSA) is 46.9 Å². The Bertz CT molecular complexity index is 907. The molecule has 0 atom stereocenters. The number of methoxy groups -OCH3 is 1. The molecule has 3 rings (SSSR count). The van der Waals surface area contributed by atoms with Crippen molar-refractivity contribution < 1.29 is 14.4 Å². The molecule has 0 saturated carbocycles. The van der Waals surface area contributed by atoms with Crippen LogP contribution >= 0.6 is 34.3 Å². The lowest BCUT2D eigenvalue weighted by Gasteiger charge is -2.19. The van der Waals surface area contributed by atoms with Crippen LogP contribution in [0.25, 0.3) is 10.2 Å². The highest BCUT2D eigenvalue weighted by atomic mass is 35.5. The van der Waals surface area contributed by atoms with Gasteiger partial charge in [-0.2, -0.15) is 0 Å². The number of thiazole rings is 1. The predicted molar refractivity (Wildman–Crippen MR) is 109 cm³/mol. The van der Waals surface area contributed by atoms with E-state index in [1.807, 2.05) is 18.2 Å². The number of aromatic nitrogens is 1. The lowest BCUT2D eigenvalue weighted by molar-refractivity contribution is -0.858. The molecule has 0 bridgehead atoms. The zero-order chi connectivity index (χ0) is 18.7. The van der Waals surface area contributed by atoms with Gasteiger partial charge < -0.3 is 9.64 Å². The summed E-state index contributed by atoms with van der Waals surface area (Å²) in [6.07, 6.45) is 0.889. The van der Waals surface area contributed by atoms with Gasteiger partial charge in [0.05, 0.1) is 41.7 Å². The SMILES string of the molecule is COc1cccc2sc(N(CCC[NH+](C)C)C(=O)c3ccc(Cl)s3)nc12. The molecule has 2 heterocycles. The number of amides is 1. The second-order valence-corrected chi connectivity index (χ2v) is 8.90. The summed E-state index contributed by atoms with van der Waals surface area (Å²) in [6.45, 7) is 1.59. The van der Waals surface area contributed by atoms with Gasteiger partial charge in [0.1, 0.15) is 11.3 Å². The van der Waals surface area contributed by atoms with Gasteiger partial charge in [0.25, 0.3) is 5.91 Å². The van der Waals surface area contributed by atoms with E-state index in [0.29, 0.717) is 26.6 Å². The van der Waals surface area contributed by atoms with Crippen LogP contribution in [0.2, 0.25) is 4.34 Å². The van der Waals surface area contributed by atoms with E-state index in [4.69, 9.17) is 21.3 Å². The Labute approximate surface area is 165 Å². The first kappa shape index (κ1) is 19.1. The molecule has 26 heavy (non-hydrogen) atoms. The maximum Gasteiger partial charge on any atom is 0.270 e. The number of thiophene rings is 1. The van der Waals surface area contributed by atoms with Crippen LogP contribution in [0.15, 0.2) is 30.3 Å². The fourth-order valence-electron chi connectivity index (χ4n) is 2.63. The molecule has 0 aliphatic heterocycles. The number of rotatable bonds is 7. The normalized spacial score (nSPS) is 11.3.